The molecule has 6 rings (SSSR count). The molecule has 0 N–H and O–H groups in total. The molecule has 1 saturated heterocycles. The van der Waals surface area contributed by atoms with E-state index in [4.69, 9.17) is 4.98 Å². The van der Waals surface area contributed by atoms with E-state index in [1.807, 2.05) is 36.5 Å². The van der Waals surface area contributed by atoms with Crippen LogP contribution in [0.25, 0.3) is 17.0 Å². The third kappa shape index (κ3) is 7.40. The zero-order chi connectivity index (χ0) is 32.0. The molecular weight excluding hydrogens is 586 g/mol. The number of likely N-dealkylation sites (N-methyl/N-ethyl adjacent to an activating group) is 1. The maximum atomic E-state index is 13.6. The molecule has 8 nitrogen and oxygen atoms in total. The molecule has 234 valence electrons. The minimum atomic E-state index is -1.00. The van der Waals surface area contributed by atoms with E-state index >= 15 is 0 Å². The van der Waals surface area contributed by atoms with Crippen LogP contribution in [0, 0.1) is 11.6 Å². The van der Waals surface area contributed by atoms with E-state index in [1.54, 1.807) is 0 Å². The van der Waals surface area contributed by atoms with Gasteiger partial charge in [-0.25, -0.2) is 23.7 Å². The number of Topliss-reactive ketones (excluding diaryl/α,β-unsaturated/α-hetero) is 1. The molecule has 0 radical (unpaired) electrons. The van der Waals surface area contributed by atoms with E-state index in [9.17, 15) is 18.4 Å². The van der Waals surface area contributed by atoms with Crippen molar-refractivity contribution in [3.63, 3.8) is 0 Å². The van der Waals surface area contributed by atoms with Crippen LogP contribution < -0.4 is 10.5 Å². The number of nitrogens with zero attached hydrogens (tertiary/aromatic N) is 6. The highest BCUT2D eigenvalue weighted by atomic mass is 19.2. The highest BCUT2D eigenvalue weighted by Crippen LogP contribution is 2.20. The van der Waals surface area contributed by atoms with Gasteiger partial charge in [0, 0.05) is 62.5 Å². The van der Waals surface area contributed by atoms with Crippen LogP contribution in [-0.4, -0.2) is 63.4 Å². The van der Waals surface area contributed by atoms with E-state index in [-0.39, 0.29) is 24.3 Å². The van der Waals surface area contributed by atoms with Crippen LogP contribution in [0.4, 0.5) is 14.5 Å². The summed E-state index contributed by atoms with van der Waals surface area (Å²) in [6, 6.07) is 18.0. The maximum absolute atomic E-state index is 13.6. The number of anilines is 1. The van der Waals surface area contributed by atoms with Crippen LogP contribution in [0.5, 0.6) is 0 Å². The first-order valence-electron chi connectivity index (χ1n) is 15.3. The number of fused-ring (bicyclic) bond motifs is 1. The third-order valence-corrected chi connectivity index (χ3v) is 8.21. The molecular formula is C36H34F2N6O2. The van der Waals surface area contributed by atoms with Crippen molar-refractivity contribution in [2.45, 2.75) is 25.8 Å². The standard InChI is InChI=1S/C36H34F2N6O2/c1-42-14-16-43(17-15-42)29-10-6-26(7-11-29)20-35-40-21-28-18-25(9-13-33(28)41-35)4-2-3-5-34(45)30-22-39-24-44(36(30)46)23-27-8-12-31(37)32(38)19-27/h2,4,6-13,18-19,21-22,24H,3,5,14-17,20,23H2,1H3/b4-2+. The molecule has 2 aromatic heterocycles. The second-order valence-electron chi connectivity index (χ2n) is 11.6. The summed E-state index contributed by atoms with van der Waals surface area (Å²) in [5.41, 5.74) is 4.06. The average Bonchev–Trinajstić information content (AvgIpc) is 3.06. The maximum Gasteiger partial charge on any atom is 0.264 e. The van der Waals surface area contributed by atoms with E-state index in [0.29, 0.717) is 18.4 Å². The predicted molar refractivity (Wildman–Crippen MR) is 175 cm³/mol. The van der Waals surface area contributed by atoms with E-state index in [2.05, 4.69) is 51.1 Å². The number of halogens is 2. The Hall–Kier alpha value is -5.09. The van der Waals surface area contributed by atoms with Crippen molar-refractivity contribution in [2.24, 2.45) is 0 Å². The average molecular weight is 621 g/mol. The smallest absolute Gasteiger partial charge is 0.264 e. The topological polar surface area (TPSA) is 84.2 Å². The fourth-order valence-corrected chi connectivity index (χ4v) is 5.51. The summed E-state index contributed by atoms with van der Waals surface area (Å²) in [7, 11) is 2.16. The lowest BCUT2D eigenvalue weighted by atomic mass is 10.1. The molecule has 0 unspecified atom stereocenters. The molecule has 1 aliphatic heterocycles. The second-order valence-corrected chi connectivity index (χ2v) is 11.6. The van der Waals surface area contributed by atoms with Crippen LogP contribution in [0.1, 0.15) is 45.7 Å². The first-order chi connectivity index (χ1) is 22.3. The summed E-state index contributed by atoms with van der Waals surface area (Å²) in [5.74, 6) is -1.54. The van der Waals surface area contributed by atoms with Gasteiger partial charge in [-0.05, 0) is 66.6 Å². The van der Waals surface area contributed by atoms with Crippen molar-refractivity contribution in [3.8, 4) is 0 Å². The molecule has 3 aromatic carbocycles. The van der Waals surface area contributed by atoms with Crippen LogP contribution in [0.2, 0.25) is 0 Å². The molecule has 1 fully saturated rings. The van der Waals surface area contributed by atoms with Gasteiger partial charge in [0.25, 0.3) is 5.56 Å². The minimum absolute atomic E-state index is 0.0263. The van der Waals surface area contributed by atoms with Crippen LogP contribution >= 0.6 is 0 Å². The molecule has 1 aliphatic rings. The highest BCUT2D eigenvalue weighted by molar-refractivity contribution is 5.95. The molecule has 5 aromatic rings. The number of benzene rings is 3. The fourth-order valence-electron chi connectivity index (χ4n) is 5.51. The number of allylic oxidation sites excluding steroid dienone is 1. The summed E-state index contributed by atoms with van der Waals surface area (Å²) in [6.07, 6.45) is 9.38. The first-order valence-corrected chi connectivity index (χ1v) is 15.3. The van der Waals surface area contributed by atoms with Gasteiger partial charge in [0.15, 0.2) is 17.4 Å². The van der Waals surface area contributed by atoms with E-state index < -0.39 is 17.2 Å². The molecule has 0 aliphatic carbocycles. The molecule has 0 atom stereocenters. The van der Waals surface area contributed by atoms with Gasteiger partial charge in [-0.15, -0.1) is 0 Å². The molecule has 0 spiro atoms. The van der Waals surface area contributed by atoms with Crippen LogP contribution in [0.3, 0.4) is 0 Å². The van der Waals surface area contributed by atoms with Crippen LogP contribution in [0.15, 0.2) is 90.3 Å². The first kappa shape index (κ1) is 30.9. The zero-order valence-electron chi connectivity index (χ0n) is 25.6. The van der Waals surface area contributed by atoms with Crippen molar-refractivity contribution in [2.75, 3.05) is 38.1 Å². The van der Waals surface area contributed by atoms with Gasteiger partial charge in [0.1, 0.15) is 11.4 Å². The molecule has 3 heterocycles. The van der Waals surface area contributed by atoms with Gasteiger partial charge < -0.3 is 9.80 Å². The Morgan fingerprint density at radius 1 is 0.913 bits per heavy atom. The number of aromatic nitrogens is 4. The summed E-state index contributed by atoms with van der Waals surface area (Å²) < 4.78 is 28.0. The zero-order valence-corrected chi connectivity index (χ0v) is 25.6. The lowest BCUT2D eigenvalue weighted by Gasteiger charge is -2.34. The summed E-state index contributed by atoms with van der Waals surface area (Å²) in [6.45, 7) is 4.21. The van der Waals surface area contributed by atoms with Crippen LogP contribution in [-0.2, 0) is 13.0 Å². The largest absolute Gasteiger partial charge is 0.369 e. The normalized spacial score (nSPS) is 13.9. The van der Waals surface area contributed by atoms with Gasteiger partial charge in [-0.2, -0.15) is 0 Å². The highest BCUT2D eigenvalue weighted by Gasteiger charge is 2.15. The number of hydrogen-bond acceptors (Lipinski definition) is 7. The Morgan fingerprint density at radius 2 is 1.70 bits per heavy atom. The van der Waals surface area contributed by atoms with E-state index in [1.165, 1.54) is 34.4 Å². The number of hydrogen-bond donors (Lipinski definition) is 0. The number of piperazine rings is 1. The number of carbonyl (C=O) groups is 1. The lowest BCUT2D eigenvalue weighted by molar-refractivity contribution is 0.0981. The van der Waals surface area contributed by atoms with Gasteiger partial charge in [0.2, 0.25) is 0 Å². The van der Waals surface area contributed by atoms with Crippen molar-refractivity contribution < 1.29 is 13.6 Å². The molecule has 10 heteroatoms. The summed E-state index contributed by atoms with van der Waals surface area (Å²) >= 11 is 0. The van der Waals surface area contributed by atoms with Crippen molar-refractivity contribution in [3.05, 3.63) is 136 Å². The minimum Gasteiger partial charge on any atom is -0.369 e. The van der Waals surface area contributed by atoms with Crippen molar-refractivity contribution in [1.29, 1.82) is 0 Å². The predicted octanol–water partition coefficient (Wildman–Crippen LogP) is 5.53. The van der Waals surface area contributed by atoms with E-state index in [0.717, 1.165) is 60.6 Å². The monoisotopic (exact) mass is 620 g/mol. The molecule has 0 saturated carbocycles. The molecule has 0 bridgehead atoms. The molecule has 46 heavy (non-hydrogen) atoms. The Kier molecular flexibility index (Phi) is 9.35. The second kappa shape index (κ2) is 13.9. The quantitative estimate of drug-likeness (QED) is 0.190. The van der Waals surface area contributed by atoms with Gasteiger partial charge in [0.05, 0.1) is 18.4 Å². The SMILES string of the molecule is CN1CCN(c2ccc(Cc3ncc4cc(/C=C/CCC(=O)c5cncn(Cc6ccc(F)c(F)c6)c5=O)ccc4n3)cc2)CC1. The Bertz CT molecular complexity index is 1950. The summed E-state index contributed by atoms with van der Waals surface area (Å²) in [4.78, 5) is 43.8. The summed E-state index contributed by atoms with van der Waals surface area (Å²) in [5, 5.41) is 0.921. The number of ketones is 1. The third-order valence-electron chi connectivity index (χ3n) is 8.21. The Balaban J connectivity index is 1.03. The fraction of sp³-hybridized carbons (Fsp3) is 0.250. The Morgan fingerprint density at radius 3 is 2.48 bits per heavy atom. The number of rotatable bonds is 10. The lowest BCUT2D eigenvalue weighted by Crippen LogP contribution is -2.44. The van der Waals surface area contributed by atoms with Crippen molar-refractivity contribution >= 4 is 28.4 Å². The molecule has 0 amide bonds. The van der Waals surface area contributed by atoms with Gasteiger partial charge >= 0.3 is 0 Å². The van der Waals surface area contributed by atoms with Gasteiger partial charge in [-0.1, -0.05) is 36.4 Å². The van der Waals surface area contributed by atoms with Gasteiger partial charge in [-0.3, -0.25) is 14.2 Å². The van der Waals surface area contributed by atoms with Crippen molar-refractivity contribution in [1.82, 2.24) is 24.4 Å². The number of carbonyl (C=O) groups excluding carboxylic acids is 1. The Labute approximate surface area is 265 Å².